The maximum absolute atomic E-state index is 13.8. The van der Waals surface area contributed by atoms with E-state index in [-0.39, 0.29) is 31.2 Å². The van der Waals surface area contributed by atoms with Crippen LogP contribution in [0.4, 0.5) is 0 Å². The normalized spacial score (nSPS) is 16.3. The minimum Gasteiger partial charge on any atom is -0.491 e. The molecular weight excluding hydrogens is 488 g/mol. The average Bonchev–Trinajstić information content (AvgIpc) is 3.54. The molecule has 0 aliphatic carbocycles. The molecule has 1 aromatic heterocycles. The van der Waals surface area contributed by atoms with E-state index in [1.165, 1.54) is 4.88 Å². The first-order valence-electron chi connectivity index (χ1n) is 12.5. The van der Waals surface area contributed by atoms with Crippen LogP contribution in [0.5, 0.6) is 17.2 Å². The molecule has 2 amide bonds. The van der Waals surface area contributed by atoms with Crippen molar-refractivity contribution in [2.24, 2.45) is 0 Å². The Morgan fingerprint density at radius 1 is 1.08 bits per heavy atom. The summed E-state index contributed by atoms with van der Waals surface area (Å²) < 4.78 is 17.0. The van der Waals surface area contributed by atoms with Crippen LogP contribution in [0.3, 0.4) is 0 Å². The summed E-state index contributed by atoms with van der Waals surface area (Å²) in [5.41, 5.74) is 2.18. The zero-order chi connectivity index (χ0) is 26.2. The van der Waals surface area contributed by atoms with Gasteiger partial charge in [0.2, 0.25) is 12.7 Å². The predicted octanol–water partition coefficient (Wildman–Crippen LogP) is 5.23. The second-order valence-electron chi connectivity index (χ2n) is 10.4. The maximum Gasteiger partial charge on any atom is 0.254 e. The molecule has 5 rings (SSSR count). The van der Waals surface area contributed by atoms with Crippen LogP contribution >= 0.6 is 11.3 Å². The monoisotopic (exact) mass is 520 g/mol. The smallest absolute Gasteiger partial charge is 0.254 e. The average molecular weight is 521 g/mol. The van der Waals surface area contributed by atoms with Gasteiger partial charge < -0.3 is 24.0 Å². The van der Waals surface area contributed by atoms with E-state index in [2.05, 4.69) is 11.4 Å². The molecule has 1 unspecified atom stereocenters. The first-order valence-corrected chi connectivity index (χ1v) is 13.4. The molecule has 3 aromatic rings. The summed E-state index contributed by atoms with van der Waals surface area (Å²) in [6.45, 7) is 8.91. The number of amides is 2. The zero-order valence-electron chi connectivity index (χ0n) is 21.7. The van der Waals surface area contributed by atoms with Crippen molar-refractivity contribution in [3.05, 3.63) is 75.5 Å². The van der Waals surface area contributed by atoms with Crippen LogP contribution < -0.4 is 14.2 Å². The lowest BCUT2D eigenvalue weighted by atomic mass is 9.99. The molecule has 0 bridgehead atoms. The predicted molar refractivity (Wildman–Crippen MR) is 143 cm³/mol. The van der Waals surface area contributed by atoms with E-state index < -0.39 is 5.54 Å². The molecule has 8 heteroatoms. The molecule has 2 aliphatic heterocycles. The standard InChI is InChI=1S/C29H32N2O5S/c1-19-5-8-21(9-6-19)34-17-23-22-12-14-37-26(22)11-13-30(23)27(32)16-31(29(2,3)4)28(33)20-7-10-24-25(15-20)36-18-35-24/h5-10,12,14-15,23H,11,13,16-18H2,1-4H3. The lowest BCUT2D eigenvalue weighted by molar-refractivity contribution is -0.136. The molecular formula is C29H32N2O5S. The number of nitrogens with zero attached hydrogens (tertiary/aromatic N) is 2. The molecule has 0 fully saturated rings. The van der Waals surface area contributed by atoms with Gasteiger partial charge in [-0.25, -0.2) is 0 Å². The summed E-state index contributed by atoms with van der Waals surface area (Å²) in [7, 11) is 0. The molecule has 2 aromatic carbocycles. The lowest BCUT2D eigenvalue weighted by Gasteiger charge is -2.40. The highest BCUT2D eigenvalue weighted by Gasteiger charge is 2.36. The maximum atomic E-state index is 13.8. The summed E-state index contributed by atoms with van der Waals surface area (Å²) in [6.07, 6.45) is 0.797. The number of fused-ring (bicyclic) bond motifs is 2. The molecule has 0 saturated heterocycles. The van der Waals surface area contributed by atoms with Gasteiger partial charge in [-0.15, -0.1) is 11.3 Å². The Morgan fingerprint density at radius 2 is 1.84 bits per heavy atom. The summed E-state index contributed by atoms with van der Waals surface area (Å²) in [5.74, 6) is 1.61. The lowest BCUT2D eigenvalue weighted by Crippen LogP contribution is -2.53. The van der Waals surface area contributed by atoms with Gasteiger partial charge in [0.15, 0.2) is 11.5 Å². The van der Waals surface area contributed by atoms with Crippen molar-refractivity contribution < 1.29 is 23.8 Å². The highest BCUT2D eigenvalue weighted by molar-refractivity contribution is 7.10. The van der Waals surface area contributed by atoms with E-state index in [9.17, 15) is 9.59 Å². The molecule has 2 aliphatic rings. The van der Waals surface area contributed by atoms with E-state index >= 15 is 0 Å². The Kier molecular flexibility index (Phi) is 6.86. The highest BCUT2D eigenvalue weighted by atomic mass is 32.1. The van der Waals surface area contributed by atoms with Crippen molar-refractivity contribution in [3.8, 4) is 17.2 Å². The van der Waals surface area contributed by atoms with Gasteiger partial charge in [-0.1, -0.05) is 17.7 Å². The molecule has 3 heterocycles. The van der Waals surface area contributed by atoms with E-state index in [4.69, 9.17) is 14.2 Å². The van der Waals surface area contributed by atoms with Gasteiger partial charge in [-0.05, 0) is 81.5 Å². The first-order chi connectivity index (χ1) is 17.7. The highest BCUT2D eigenvalue weighted by Crippen LogP contribution is 2.35. The Balaban J connectivity index is 1.36. The molecule has 194 valence electrons. The van der Waals surface area contributed by atoms with Gasteiger partial charge in [0, 0.05) is 22.5 Å². The van der Waals surface area contributed by atoms with Gasteiger partial charge in [0.25, 0.3) is 5.91 Å². The minimum absolute atomic E-state index is 0.0305. The molecule has 7 nitrogen and oxygen atoms in total. The van der Waals surface area contributed by atoms with Crippen molar-refractivity contribution in [1.29, 1.82) is 0 Å². The van der Waals surface area contributed by atoms with Crippen LogP contribution in [0.15, 0.2) is 53.9 Å². The summed E-state index contributed by atoms with van der Waals surface area (Å²) in [4.78, 5) is 32.2. The SMILES string of the molecule is Cc1ccc(OCC2c3ccsc3CCN2C(=O)CN(C(=O)c2ccc3c(c2)OCO3)C(C)(C)C)cc1. The Hall–Kier alpha value is -3.52. The van der Waals surface area contributed by atoms with Crippen LogP contribution in [-0.4, -0.2) is 53.6 Å². The van der Waals surface area contributed by atoms with Crippen molar-refractivity contribution >= 4 is 23.2 Å². The Bertz CT molecular complexity index is 1290. The largest absolute Gasteiger partial charge is 0.491 e. The summed E-state index contributed by atoms with van der Waals surface area (Å²) >= 11 is 1.72. The second-order valence-corrected chi connectivity index (χ2v) is 11.4. The number of hydrogen-bond donors (Lipinski definition) is 0. The number of carbonyl (C=O) groups is 2. The van der Waals surface area contributed by atoms with Crippen molar-refractivity contribution in [3.63, 3.8) is 0 Å². The van der Waals surface area contributed by atoms with Gasteiger partial charge in [-0.2, -0.15) is 0 Å². The summed E-state index contributed by atoms with van der Waals surface area (Å²) in [6, 6.07) is 14.9. The van der Waals surface area contributed by atoms with Gasteiger partial charge >= 0.3 is 0 Å². The molecule has 0 saturated carbocycles. The van der Waals surface area contributed by atoms with Gasteiger partial charge in [0.05, 0.1) is 6.04 Å². The van der Waals surface area contributed by atoms with E-state index in [1.807, 2.05) is 56.9 Å². The Morgan fingerprint density at radius 3 is 2.59 bits per heavy atom. The fraction of sp³-hybridized carbons (Fsp3) is 0.379. The van der Waals surface area contributed by atoms with Crippen LogP contribution in [0.1, 0.15) is 53.2 Å². The number of thiophene rings is 1. The van der Waals surface area contributed by atoms with Gasteiger partial charge in [0.1, 0.15) is 18.9 Å². The molecule has 1 atom stereocenters. The number of rotatable bonds is 6. The minimum atomic E-state index is -0.569. The van der Waals surface area contributed by atoms with Gasteiger partial charge in [-0.3, -0.25) is 9.59 Å². The topological polar surface area (TPSA) is 68.3 Å². The Labute approximate surface area is 221 Å². The summed E-state index contributed by atoms with van der Waals surface area (Å²) in [5, 5.41) is 2.07. The van der Waals surface area contributed by atoms with Crippen molar-refractivity contribution in [2.45, 2.75) is 45.7 Å². The second kappa shape index (κ2) is 10.1. The quantitative estimate of drug-likeness (QED) is 0.445. The van der Waals surface area contributed by atoms with E-state index in [0.717, 1.165) is 23.3 Å². The van der Waals surface area contributed by atoms with Crippen molar-refractivity contribution in [2.75, 3.05) is 26.5 Å². The molecule has 0 radical (unpaired) electrons. The number of benzene rings is 2. The zero-order valence-corrected chi connectivity index (χ0v) is 22.5. The number of aryl methyl sites for hydroxylation is 1. The first kappa shape index (κ1) is 25.1. The van der Waals surface area contributed by atoms with Crippen LogP contribution in [-0.2, 0) is 11.2 Å². The molecule has 37 heavy (non-hydrogen) atoms. The van der Waals surface area contributed by atoms with Crippen LogP contribution in [0, 0.1) is 6.92 Å². The van der Waals surface area contributed by atoms with Crippen LogP contribution in [0.2, 0.25) is 0 Å². The number of hydrogen-bond acceptors (Lipinski definition) is 6. The number of ether oxygens (including phenoxy) is 3. The third-order valence-electron chi connectivity index (χ3n) is 6.81. The molecule has 0 N–H and O–H groups in total. The fourth-order valence-electron chi connectivity index (χ4n) is 4.71. The molecule has 0 spiro atoms. The van der Waals surface area contributed by atoms with Crippen molar-refractivity contribution in [1.82, 2.24) is 9.80 Å². The number of carbonyl (C=O) groups excluding carboxylic acids is 2. The van der Waals surface area contributed by atoms with Crippen LogP contribution in [0.25, 0.3) is 0 Å². The van der Waals surface area contributed by atoms with E-state index in [0.29, 0.717) is 30.2 Å². The third-order valence-corrected chi connectivity index (χ3v) is 7.81. The van der Waals surface area contributed by atoms with E-state index in [1.54, 1.807) is 34.4 Å². The third kappa shape index (κ3) is 5.30. The fourth-order valence-corrected chi connectivity index (χ4v) is 5.64.